The van der Waals surface area contributed by atoms with E-state index in [4.69, 9.17) is 13.6 Å². The van der Waals surface area contributed by atoms with Crippen molar-refractivity contribution in [3.63, 3.8) is 0 Å². The Labute approximate surface area is 182 Å². The molecule has 160 valence electrons. The normalized spacial score (nSPS) is 16.2. The third kappa shape index (κ3) is 3.13. The standard InChI is InChI=1S/C24H18N2O6/c1-30-17-7-2-6-15-11-18(32-23(15)17)21(27)19-20(16-8-4-10-31-16)26(24(29)22(19)28)13-14-5-3-9-25-12-14/h2-12,20,28H,13H2,1H3. The maximum atomic E-state index is 13.5. The summed E-state index contributed by atoms with van der Waals surface area (Å²) in [5.41, 5.74) is 0.956. The van der Waals surface area contributed by atoms with E-state index in [0.717, 1.165) is 5.56 Å². The number of hydrogen-bond donors (Lipinski definition) is 0. The Morgan fingerprint density at radius 3 is 2.81 bits per heavy atom. The summed E-state index contributed by atoms with van der Waals surface area (Å²) >= 11 is 0. The summed E-state index contributed by atoms with van der Waals surface area (Å²) in [6.45, 7) is 0.123. The number of amides is 1. The van der Waals surface area contributed by atoms with Crippen molar-refractivity contribution in [2.24, 2.45) is 0 Å². The van der Waals surface area contributed by atoms with Crippen LogP contribution in [0.2, 0.25) is 0 Å². The molecular weight excluding hydrogens is 412 g/mol. The molecule has 0 bridgehead atoms. The zero-order valence-electron chi connectivity index (χ0n) is 17.0. The molecule has 1 unspecified atom stereocenters. The van der Waals surface area contributed by atoms with Crippen LogP contribution in [0.25, 0.3) is 11.0 Å². The number of aromatic nitrogens is 1. The highest BCUT2D eigenvalue weighted by Crippen LogP contribution is 2.40. The topological polar surface area (TPSA) is 110 Å². The van der Waals surface area contributed by atoms with Gasteiger partial charge in [-0.2, -0.15) is 0 Å². The first-order valence-electron chi connectivity index (χ1n) is 9.90. The molecule has 0 fully saturated rings. The lowest BCUT2D eigenvalue weighted by Gasteiger charge is -2.25. The highest BCUT2D eigenvalue weighted by Gasteiger charge is 2.42. The number of ketones is 1. The minimum atomic E-state index is -0.965. The number of nitrogens with one attached hydrogen (secondary N) is 1. The Morgan fingerprint density at radius 2 is 2.09 bits per heavy atom. The summed E-state index contributed by atoms with van der Waals surface area (Å²) in [6, 6.07) is 12.7. The average molecular weight is 430 g/mol. The van der Waals surface area contributed by atoms with Crippen LogP contribution in [0.5, 0.6) is 5.75 Å². The van der Waals surface area contributed by atoms with Gasteiger partial charge in [-0.15, -0.1) is 0 Å². The van der Waals surface area contributed by atoms with E-state index >= 15 is 0 Å². The molecule has 8 nitrogen and oxygen atoms in total. The first-order valence-corrected chi connectivity index (χ1v) is 9.90. The van der Waals surface area contributed by atoms with Crippen LogP contribution in [0.4, 0.5) is 0 Å². The number of Topliss-reactive ketones (excluding diaryl/α,β-unsaturated/α-hetero) is 1. The number of ether oxygens (including phenoxy) is 1. The summed E-state index contributed by atoms with van der Waals surface area (Å²) in [5, 5.41) is 13.6. The lowest BCUT2D eigenvalue weighted by molar-refractivity contribution is -0.378. The summed E-state index contributed by atoms with van der Waals surface area (Å²) in [4.78, 5) is 30.7. The fourth-order valence-electron chi connectivity index (χ4n) is 3.94. The molecular formula is C24H18N2O6. The Hall–Kier alpha value is -4.33. The van der Waals surface area contributed by atoms with Crippen LogP contribution >= 0.6 is 0 Å². The van der Waals surface area contributed by atoms with Gasteiger partial charge in [-0.1, -0.05) is 12.1 Å². The Balaban J connectivity index is 1.58. The van der Waals surface area contributed by atoms with E-state index in [-0.39, 0.29) is 17.9 Å². The van der Waals surface area contributed by atoms with Gasteiger partial charge in [0.25, 0.3) is 0 Å². The predicted molar refractivity (Wildman–Crippen MR) is 109 cm³/mol. The number of carbonyl (C=O) groups is 2. The second-order valence-electron chi connectivity index (χ2n) is 7.32. The van der Waals surface area contributed by atoms with Crippen molar-refractivity contribution in [2.45, 2.75) is 12.6 Å². The van der Waals surface area contributed by atoms with Crippen molar-refractivity contribution in [3.05, 3.63) is 95.6 Å². The number of furan rings is 2. The van der Waals surface area contributed by atoms with Crippen LogP contribution < -0.4 is 14.8 Å². The lowest BCUT2D eigenvalue weighted by Crippen LogP contribution is -2.32. The molecule has 1 N–H and O–H groups in total. The van der Waals surface area contributed by atoms with Gasteiger partial charge in [0.2, 0.25) is 11.7 Å². The number of carbonyl (C=O) groups excluding carboxylic acids is 2. The van der Waals surface area contributed by atoms with E-state index in [2.05, 4.69) is 4.98 Å². The highest BCUT2D eigenvalue weighted by atomic mass is 16.5. The largest absolute Gasteiger partial charge is 0.868 e. The smallest absolute Gasteiger partial charge is 0.240 e. The molecule has 1 aromatic carbocycles. The Bertz CT molecular complexity index is 1340. The number of fused-ring (bicyclic) bond motifs is 1. The first kappa shape index (κ1) is 19.6. The van der Waals surface area contributed by atoms with E-state index < -0.39 is 23.5 Å². The number of rotatable bonds is 6. The Morgan fingerprint density at radius 1 is 1.22 bits per heavy atom. The molecule has 32 heavy (non-hydrogen) atoms. The molecule has 4 aromatic rings. The predicted octanol–water partition coefficient (Wildman–Crippen LogP) is 2.43. The lowest BCUT2D eigenvalue weighted by atomic mass is 9.99. The molecule has 5 rings (SSSR count). The molecule has 1 aliphatic rings. The van der Waals surface area contributed by atoms with E-state index in [1.165, 1.54) is 18.3 Å². The van der Waals surface area contributed by atoms with Gasteiger partial charge in [0, 0.05) is 22.6 Å². The third-order valence-corrected chi connectivity index (χ3v) is 5.42. The van der Waals surface area contributed by atoms with Gasteiger partial charge in [0.1, 0.15) is 11.8 Å². The second-order valence-corrected chi connectivity index (χ2v) is 7.32. The number of hydrogen-bond acceptors (Lipinski definition) is 6. The second kappa shape index (κ2) is 7.73. The quantitative estimate of drug-likeness (QED) is 0.435. The zero-order valence-corrected chi connectivity index (χ0v) is 17.0. The molecule has 4 heterocycles. The van der Waals surface area contributed by atoms with Crippen molar-refractivity contribution in [1.82, 2.24) is 4.90 Å². The molecule has 1 atom stereocenters. The van der Waals surface area contributed by atoms with Gasteiger partial charge in [-0.25, -0.2) is 4.98 Å². The van der Waals surface area contributed by atoms with Gasteiger partial charge in [-0.05, 0) is 36.1 Å². The van der Waals surface area contributed by atoms with Crippen LogP contribution in [0.3, 0.4) is 0 Å². The van der Waals surface area contributed by atoms with E-state index in [9.17, 15) is 14.7 Å². The number of methoxy groups -OCH3 is 1. The van der Waals surface area contributed by atoms with Crippen LogP contribution in [0, 0.1) is 0 Å². The molecule has 0 aliphatic carbocycles. The van der Waals surface area contributed by atoms with Gasteiger partial charge < -0.3 is 23.6 Å². The van der Waals surface area contributed by atoms with Crippen molar-refractivity contribution >= 4 is 22.7 Å². The number of pyridine rings is 1. The van der Waals surface area contributed by atoms with Gasteiger partial charge >= 0.3 is 0 Å². The average Bonchev–Trinajstić information content (AvgIpc) is 3.54. The minimum absolute atomic E-state index is 0.0490. The SMILES string of the molecule is COc1cccc2cc(C(=O)C3=C([O-])C(=O)N(Cc4ccc[nH+]c4)C3c3ccco3)oc12. The maximum absolute atomic E-state index is 13.5. The summed E-state index contributed by atoms with van der Waals surface area (Å²) in [7, 11) is 1.50. The molecule has 0 saturated carbocycles. The van der Waals surface area contributed by atoms with Crippen LogP contribution in [0.15, 0.2) is 87.4 Å². The number of benzene rings is 1. The van der Waals surface area contributed by atoms with Gasteiger partial charge in [0.15, 0.2) is 29.5 Å². The van der Waals surface area contributed by atoms with Crippen LogP contribution in [-0.2, 0) is 11.3 Å². The number of H-pyrrole nitrogens is 1. The van der Waals surface area contributed by atoms with E-state index in [0.29, 0.717) is 22.5 Å². The van der Waals surface area contributed by atoms with Crippen molar-refractivity contribution in [3.8, 4) is 5.75 Å². The molecule has 0 spiro atoms. The fraction of sp³-hybridized carbons (Fsp3) is 0.125. The monoisotopic (exact) mass is 430 g/mol. The number of aromatic amines is 1. The van der Waals surface area contributed by atoms with Crippen LogP contribution in [-0.4, -0.2) is 23.7 Å². The first-order chi connectivity index (χ1) is 15.6. The number of nitrogens with zero attached hydrogens (tertiary/aromatic N) is 1. The van der Waals surface area contributed by atoms with Crippen molar-refractivity contribution in [2.75, 3.05) is 7.11 Å². The molecule has 1 aliphatic heterocycles. The maximum Gasteiger partial charge on any atom is 0.240 e. The molecule has 0 radical (unpaired) electrons. The summed E-state index contributed by atoms with van der Waals surface area (Å²) in [5.74, 6) is -1.57. The minimum Gasteiger partial charge on any atom is -0.868 e. The van der Waals surface area contributed by atoms with Crippen LogP contribution in [0.1, 0.15) is 27.9 Å². The molecule has 8 heteroatoms. The highest BCUT2D eigenvalue weighted by molar-refractivity contribution is 6.15. The summed E-state index contributed by atoms with van der Waals surface area (Å²) < 4.78 is 16.6. The molecule has 3 aromatic heterocycles. The van der Waals surface area contributed by atoms with E-state index in [1.807, 2.05) is 6.07 Å². The third-order valence-electron chi connectivity index (χ3n) is 5.42. The van der Waals surface area contributed by atoms with E-state index in [1.54, 1.807) is 54.9 Å². The van der Waals surface area contributed by atoms with Gasteiger partial charge in [-0.3, -0.25) is 9.59 Å². The van der Waals surface area contributed by atoms with Crippen molar-refractivity contribution in [1.29, 1.82) is 0 Å². The van der Waals surface area contributed by atoms with Gasteiger partial charge in [0.05, 0.1) is 19.9 Å². The molecule has 1 amide bonds. The zero-order chi connectivity index (χ0) is 22.2. The van der Waals surface area contributed by atoms with Crippen molar-refractivity contribution < 1.29 is 33.3 Å². The fourth-order valence-corrected chi connectivity index (χ4v) is 3.94. The number of para-hydroxylation sites is 1. The Kier molecular flexibility index (Phi) is 4.74. The summed E-state index contributed by atoms with van der Waals surface area (Å²) in [6.07, 6.45) is 4.90. The molecule has 0 saturated heterocycles.